The maximum absolute atomic E-state index is 5.49. The standard InChI is InChI=1S/C46H26N4/c1-3-12-29(13-4-1)45-40-31-17-8-7-11-27(31)21-23-34(40)47-46(48-45)50-35-20-10-19-33-32-18-9-14-28-22-24-36-42(39(28)32)44-37(25-26-38(50)43(44)41(33)35)49(36)30-15-5-2-6-16-30/h1-26H. The Kier molecular flexibility index (Phi) is 4.94. The number of hydrogen-bond donors (Lipinski definition) is 0. The summed E-state index contributed by atoms with van der Waals surface area (Å²) in [7, 11) is 0. The minimum atomic E-state index is 0.675. The summed E-state index contributed by atoms with van der Waals surface area (Å²) in [6.45, 7) is 0. The lowest BCUT2D eigenvalue weighted by Crippen LogP contribution is -2.04. The van der Waals surface area contributed by atoms with Crippen molar-refractivity contribution in [1.29, 1.82) is 0 Å². The number of fused-ring (bicyclic) bond motifs is 4. The van der Waals surface area contributed by atoms with Gasteiger partial charge in [-0.3, -0.25) is 4.57 Å². The number of rotatable bonds is 3. The molecule has 50 heavy (non-hydrogen) atoms. The number of benzene rings is 8. The third-order valence-corrected chi connectivity index (χ3v) is 10.8. The SMILES string of the molecule is c1ccc(-c2nc(-n3c4cccc5c4c4c6c7c8c-5cccc8ccc7n(-c5ccccc5)c6ccc43)nc3ccc4ccccc4c23)cc1. The zero-order chi connectivity index (χ0) is 32.5. The Morgan fingerprint density at radius 1 is 0.360 bits per heavy atom. The van der Waals surface area contributed by atoms with E-state index in [2.05, 4.69) is 167 Å². The molecule has 0 fully saturated rings. The predicted octanol–water partition coefficient (Wildman–Crippen LogP) is 11.8. The van der Waals surface area contributed by atoms with Crippen LogP contribution in [0.25, 0.3) is 110 Å². The molecule has 0 radical (unpaired) electrons. The Hall–Kier alpha value is -6.78. The summed E-state index contributed by atoms with van der Waals surface area (Å²) < 4.78 is 4.73. The van der Waals surface area contributed by atoms with E-state index in [0.29, 0.717) is 5.95 Å². The first-order valence-electron chi connectivity index (χ1n) is 17.1. The van der Waals surface area contributed by atoms with Crippen molar-refractivity contribution in [2.75, 3.05) is 0 Å². The Morgan fingerprint density at radius 2 is 0.960 bits per heavy atom. The largest absolute Gasteiger partial charge is 0.309 e. The van der Waals surface area contributed by atoms with E-state index >= 15 is 0 Å². The van der Waals surface area contributed by atoms with E-state index in [9.17, 15) is 0 Å². The molecule has 4 heteroatoms. The third-order valence-electron chi connectivity index (χ3n) is 10.8. The van der Waals surface area contributed by atoms with E-state index in [1.807, 2.05) is 0 Å². The Morgan fingerprint density at radius 3 is 1.80 bits per heavy atom. The maximum atomic E-state index is 5.49. The number of nitrogens with zero attached hydrogens (tertiary/aromatic N) is 4. The minimum absolute atomic E-state index is 0.675. The predicted molar refractivity (Wildman–Crippen MR) is 208 cm³/mol. The molecule has 0 N–H and O–H groups in total. The fraction of sp³-hybridized carbons (Fsp3) is 0. The van der Waals surface area contributed by atoms with Crippen LogP contribution >= 0.6 is 0 Å². The van der Waals surface area contributed by atoms with Gasteiger partial charge in [-0.25, -0.2) is 9.97 Å². The van der Waals surface area contributed by atoms with Crippen molar-refractivity contribution in [2.45, 2.75) is 0 Å². The summed E-state index contributed by atoms with van der Waals surface area (Å²) in [5.41, 5.74) is 11.2. The second kappa shape index (κ2) is 9.43. The monoisotopic (exact) mass is 634 g/mol. The molecule has 1 aliphatic rings. The van der Waals surface area contributed by atoms with E-state index in [0.717, 1.165) is 44.3 Å². The van der Waals surface area contributed by atoms with Gasteiger partial charge < -0.3 is 4.57 Å². The molecule has 8 aromatic carbocycles. The van der Waals surface area contributed by atoms with Crippen molar-refractivity contribution in [3.05, 3.63) is 158 Å². The molecule has 0 spiro atoms. The Bertz CT molecular complexity index is 3240. The smallest absolute Gasteiger partial charge is 0.235 e. The topological polar surface area (TPSA) is 35.6 Å². The summed E-state index contributed by atoms with van der Waals surface area (Å²) in [4.78, 5) is 10.9. The van der Waals surface area contributed by atoms with E-state index in [-0.39, 0.29) is 0 Å². The summed E-state index contributed by atoms with van der Waals surface area (Å²) in [5, 5.41) is 11.1. The van der Waals surface area contributed by atoms with Crippen LogP contribution in [0.3, 0.4) is 0 Å². The molecule has 0 aliphatic heterocycles. The van der Waals surface area contributed by atoms with E-state index in [1.165, 1.54) is 59.9 Å². The van der Waals surface area contributed by atoms with Crippen LogP contribution in [0.15, 0.2) is 158 Å². The second-order valence-corrected chi connectivity index (χ2v) is 13.3. The average molecular weight is 635 g/mol. The molecule has 3 aromatic heterocycles. The highest BCUT2D eigenvalue weighted by molar-refractivity contribution is 6.38. The molecule has 12 rings (SSSR count). The van der Waals surface area contributed by atoms with Crippen molar-refractivity contribution in [2.24, 2.45) is 0 Å². The van der Waals surface area contributed by atoms with Crippen molar-refractivity contribution in [3.63, 3.8) is 0 Å². The molecule has 4 nitrogen and oxygen atoms in total. The van der Waals surface area contributed by atoms with Crippen LogP contribution < -0.4 is 0 Å². The molecule has 0 atom stereocenters. The molecule has 0 saturated heterocycles. The molecular weight excluding hydrogens is 609 g/mol. The molecule has 11 aromatic rings. The molecule has 0 unspecified atom stereocenters. The van der Waals surface area contributed by atoms with Crippen LogP contribution in [0.1, 0.15) is 0 Å². The van der Waals surface area contributed by atoms with Gasteiger partial charge in [0.25, 0.3) is 0 Å². The van der Waals surface area contributed by atoms with Gasteiger partial charge in [-0.1, -0.05) is 115 Å². The normalized spacial score (nSPS) is 12.4. The first-order chi connectivity index (χ1) is 24.8. The van der Waals surface area contributed by atoms with Gasteiger partial charge in [0.05, 0.1) is 33.3 Å². The first-order valence-corrected chi connectivity index (χ1v) is 17.1. The molecular formula is C46H26N4. The molecule has 230 valence electrons. The summed E-state index contributed by atoms with van der Waals surface area (Å²) in [5.74, 6) is 0.675. The number of para-hydroxylation sites is 1. The van der Waals surface area contributed by atoms with Crippen molar-refractivity contribution < 1.29 is 0 Å². The molecule has 1 aliphatic carbocycles. The highest BCUT2D eigenvalue weighted by atomic mass is 15.2. The van der Waals surface area contributed by atoms with Crippen molar-refractivity contribution in [1.82, 2.24) is 19.1 Å². The Labute approximate surface area is 286 Å². The number of aromatic nitrogens is 4. The van der Waals surface area contributed by atoms with Gasteiger partial charge in [0, 0.05) is 38.2 Å². The molecule has 3 heterocycles. The second-order valence-electron chi connectivity index (χ2n) is 13.3. The highest BCUT2D eigenvalue weighted by Crippen LogP contribution is 2.51. The van der Waals surface area contributed by atoms with Crippen LogP contribution in [-0.4, -0.2) is 19.1 Å². The van der Waals surface area contributed by atoms with E-state index in [1.54, 1.807) is 0 Å². The third kappa shape index (κ3) is 3.25. The zero-order valence-corrected chi connectivity index (χ0v) is 26.8. The van der Waals surface area contributed by atoms with Gasteiger partial charge in [0.1, 0.15) is 0 Å². The van der Waals surface area contributed by atoms with E-state index in [4.69, 9.17) is 9.97 Å². The van der Waals surface area contributed by atoms with Gasteiger partial charge in [-0.05, 0) is 75.1 Å². The molecule has 0 bridgehead atoms. The summed E-state index contributed by atoms with van der Waals surface area (Å²) in [6, 6.07) is 56.8. The fourth-order valence-corrected chi connectivity index (χ4v) is 8.83. The quantitative estimate of drug-likeness (QED) is 0.181. The summed E-state index contributed by atoms with van der Waals surface area (Å²) in [6.07, 6.45) is 0. The van der Waals surface area contributed by atoms with Crippen molar-refractivity contribution >= 4 is 76.1 Å². The van der Waals surface area contributed by atoms with Crippen LogP contribution in [0, 0.1) is 0 Å². The number of hydrogen-bond acceptors (Lipinski definition) is 2. The van der Waals surface area contributed by atoms with Crippen LogP contribution in [0.2, 0.25) is 0 Å². The first kappa shape index (κ1) is 26.2. The maximum Gasteiger partial charge on any atom is 0.235 e. The van der Waals surface area contributed by atoms with Gasteiger partial charge in [-0.2, -0.15) is 0 Å². The molecule has 0 saturated carbocycles. The van der Waals surface area contributed by atoms with Gasteiger partial charge >= 0.3 is 0 Å². The lowest BCUT2D eigenvalue weighted by Gasteiger charge is -2.14. The zero-order valence-electron chi connectivity index (χ0n) is 26.8. The van der Waals surface area contributed by atoms with Gasteiger partial charge in [0.2, 0.25) is 5.95 Å². The summed E-state index contributed by atoms with van der Waals surface area (Å²) >= 11 is 0. The van der Waals surface area contributed by atoms with Crippen LogP contribution in [0.5, 0.6) is 0 Å². The van der Waals surface area contributed by atoms with Crippen molar-refractivity contribution in [3.8, 4) is 34.0 Å². The van der Waals surface area contributed by atoms with Gasteiger partial charge in [0.15, 0.2) is 0 Å². The Balaban J connectivity index is 1.29. The lowest BCUT2D eigenvalue weighted by molar-refractivity contribution is 1.01. The van der Waals surface area contributed by atoms with Gasteiger partial charge in [-0.15, -0.1) is 0 Å². The van der Waals surface area contributed by atoms with E-state index < -0.39 is 0 Å². The fourth-order valence-electron chi connectivity index (χ4n) is 8.83. The molecule has 0 amide bonds. The van der Waals surface area contributed by atoms with Crippen LogP contribution in [-0.2, 0) is 0 Å². The highest BCUT2D eigenvalue weighted by Gasteiger charge is 2.28. The van der Waals surface area contributed by atoms with Crippen LogP contribution in [0.4, 0.5) is 0 Å². The average Bonchev–Trinajstić information content (AvgIpc) is 3.66. The lowest BCUT2D eigenvalue weighted by atomic mass is 9.95. The minimum Gasteiger partial charge on any atom is -0.309 e.